The van der Waals surface area contributed by atoms with Crippen LogP contribution >= 0.6 is 0 Å². The predicted molar refractivity (Wildman–Crippen MR) is 51.0 cm³/mol. The van der Waals surface area contributed by atoms with Crippen LogP contribution in [0.3, 0.4) is 0 Å². The summed E-state index contributed by atoms with van der Waals surface area (Å²) < 4.78 is 74.6. The lowest BCUT2D eigenvalue weighted by molar-refractivity contribution is -0.143. The van der Waals surface area contributed by atoms with Gasteiger partial charge in [-0.2, -0.15) is 26.3 Å². The van der Waals surface area contributed by atoms with Gasteiger partial charge in [0.1, 0.15) is 0 Å². The zero-order valence-corrected chi connectivity index (χ0v) is 8.69. The van der Waals surface area contributed by atoms with Crippen LogP contribution in [0, 0.1) is 0 Å². The van der Waals surface area contributed by atoms with Crippen LogP contribution < -0.4 is 0 Å². The van der Waals surface area contributed by atoms with Crippen molar-refractivity contribution >= 4 is 5.78 Å². The molecule has 0 saturated carbocycles. The number of halogens is 6. The van der Waals surface area contributed by atoms with Gasteiger partial charge in [0, 0.05) is 5.56 Å². The summed E-state index contributed by atoms with van der Waals surface area (Å²) in [6.07, 6.45) is -9.34. The SMILES string of the molecule is C=CC(=O)c1ccc(C(F)(F)F)cc1C(F)(F)F. The Morgan fingerprint density at radius 1 is 1.06 bits per heavy atom. The number of benzene rings is 1. The minimum absolute atomic E-state index is 0.0866. The van der Waals surface area contributed by atoms with Gasteiger partial charge >= 0.3 is 12.4 Å². The minimum atomic E-state index is -5.05. The van der Waals surface area contributed by atoms with E-state index in [0.29, 0.717) is 18.2 Å². The molecule has 0 spiro atoms. The van der Waals surface area contributed by atoms with Crippen LogP contribution in [0.1, 0.15) is 21.5 Å². The molecule has 0 radical (unpaired) electrons. The van der Waals surface area contributed by atoms with Gasteiger partial charge in [0.05, 0.1) is 11.1 Å². The van der Waals surface area contributed by atoms with E-state index in [1.165, 1.54) is 0 Å². The molecule has 0 atom stereocenters. The van der Waals surface area contributed by atoms with Crippen molar-refractivity contribution in [3.05, 3.63) is 47.5 Å². The van der Waals surface area contributed by atoms with Crippen LogP contribution in [-0.4, -0.2) is 5.78 Å². The molecule has 0 aliphatic rings. The molecule has 1 rings (SSSR count). The molecule has 98 valence electrons. The van der Waals surface area contributed by atoms with E-state index in [4.69, 9.17) is 0 Å². The Kier molecular flexibility index (Phi) is 3.54. The van der Waals surface area contributed by atoms with Gasteiger partial charge in [-0.15, -0.1) is 0 Å². The maximum absolute atomic E-state index is 12.6. The summed E-state index contributed by atoms with van der Waals surface area (Å²) in [6.45, 7) is 2.99. The fraction of sp³-hybridized carbons (Fsp3) is 0.182. The lowest BCUT2D eigenvalue weighted by atomic mass is 10.00. The Morgan fingerprint density at radius 2 is 1.61 bits per heavy atom. The molecular formula is C11H6F6O. The number of carbonyl (C=O) groups excluding carboxylic acids is 1. The molecule has 0 bridgehead atoms. The third-order valence-corrected chi connectivity index (χ3v) is 2.10. The average Bonchev–Trinajstić information content (AvgIpc) is 2.24. The molecule has 0 aliphatic heterocycles. The van der Waals surface area contributed by atoms with Gasteiger partial charge < -0.3 is 0 Å². The summed E-state index contributed by atoms with van der Waals surface area (Å²) in [4.78, 5) is 11.1. The van der Waals surface area contributed by atoms with Gasteiger partial charge in [-0.3, -0.25) is 4.79 Å². The Balaban J connectivity index is 3.49. The van der Waals surface area contributed by atoms with Crippen LogP contribution in [0.2, 0.25) is 0 Å². The van der Waals surface area contributed by atoms with Gasteiger partial charge in [-0.1, -0.05) is 6.58 Å². The summed E-state index contributed by atoms with van der Waals surface area (Å²) in [5, 5.41) is 0. The molecule has 0 heterocycles. The van der Waals surface area contributed by atoms with Gasteiger partial charge in [-0.25, -0.2) is 0 Å². The zero-order valence-electron chi connectivity index (χ0n) is 8.69. The minimum Gasteiger partial charge on any atom is -0.289 e. The van der Waals surface area contributed by atoms with Crippen molar-refractivity contribution in [2.75, 3.05) is 0 Å². The van der Waals surface area contributed by atoms with Crippen molar-refractivity contribution in [3.8, 4) is 0 Å². The highest BCUT2D eigenvalue weighted by atomic mass is 19.4. The second kappa shape index (κ2) is 4.47. The third-order valence-electron chi connectivity index (χ3n) is 2.10. The number of allylic oxidation sites excluding steroid dienone is 1. The topological polar surface area (TPSA) is 17.1 Å². The number of hydrogen-bond donors (Lipinski definition) is 0. The average molecular weight is 268 g/mol. The molecule has 18 heavy (non-hydrogen) atoms. The lowest BCUT2D eigenvalue weighted by Crippen LogP contribution is -2.15. The molecule has 0 N–H and O–H groups in total. The molecule has 0 saturated heterocycles. The molecular weight excluding hydrogens is 262 g/mol. The Morgan fingerprint density at radius 3 is 2.00 bits per heavy atom. The van der Waals surface area contributed by atoms with Crippen LogP contribution in [0.5, 0.6) is 0 Å². The van der Waals surface area contributed by atoms with Crippen molar-refractivity contribution in [2.24, 2.45) is 0 Å². The molecule has 0 fully saturated rings. The van der Waals surface area contributed by atoms with Gasteiger partial charge in [0.15, 0.2) is 5.78 Å². The van der Waals surface area contributed by atoms with Crippen LogP contribution in [0.15, 0.2) is 30.9 Å². The summed E-state index contributed by atoms with van der Waals surface area (Å²) in [6, 6.07) is 0.832. The highest BCUT2D eigenvalue weighted by Gasteiger charge is 2.38. The second-order valence-electron chi connectivity index (χ2n) is 3.32. The Bertz CT molecular complexity index is 483. The van der Waals surface area contributed by atoms with E-state index in [2.05, 4.69) is 6.58 Å². The van der Waals surface area contributed by atoms with E-state index in [-0.39, 0.29) is 6.07 Å². The first-order chi connectivity index (χ1) is 8.07. The molecule has 0 aromatic heterocycles. The normalized spacial score (nSPS) is 12.3. The van der Waals surface area contributed by atoms with Crippen LogP contribution in [0.25, 0.3) is 0 Å². The fourth-order valence-corrected chi connectivity index (χ4v) is 1.28. The van der Waals surface area contributed by atoms with E-state index >= 15 is 0 Å². The zero-order chi connectivity index (χ0) is 14.1. The smallest absolute Gasteiger partial charge is 0.289 e. The fourth-order valence-electron chi connectivity index (χ4n) is 1.28. The van der Waals surface area contributed by atoms with Crippen molar-refractivity contribution in [3.63, 3.8) is 0 Å². The summed E-state index contributed by atoms with van der Waals surface area (Å²) >= 11 is 0. The maximum Gasteiger partial charge on any atom is 0.417 e. The van der Waals surface area contributed by atoms with E-state index in [0.717, 1.165) is 0 Å². The molecule has 0 amide bonds. The number of ketones is 1. The number of rotatable bonds is 2. The molecule has 1 aromatic carbocycles. The first kappa shape index (κ1) is 14.3. The second-order valence-corrected chi connectivity index (χ2v) is 3.32. The highest BCUT2D eigenvalue weighted by Crippen LogP contribution is 2.37. The molecule has 0 unspecified atom stereocenters. The third kappa shape index (κ3) is 2.91. The highest BCUT2D eigenvalue weighted by molar-refractivity contribution is 6.05. The largest absolute Gasteiger partial charge is 0.417 e. The molecule has 1 nitrogen and oxygen atoms in total. The van der Waals surface area contributed by atoms with Crippen LogP contribution in [-0.2, 0) is 12.4 Å². The molecule has 0 aliphatic carbocycles. The number of alkyl halides is 6. The maximum atomic E-state index is 12.6. The standard InChI is InChI=1S/C11H6F6O/c1-2-9(18)7-4-3-6(10(12,13)14)5-8(7)11(15,16)17/h2-5H,1H2. The molecule has 1 aromatic rings. The lowest BCUT2D eigenvalue weighted by Gasteiger charge is -2.14. The van der Waals surface area contributed by atoms with Crippen molar-refractivity contribution in [2.45, 2.75) is 12.4 Å². The first-order valence-electron chi connectivity index (χ1n) is 4.52. The van der Waals surface area contributed by atoms with Gasteiger partial charge in [-0.05, 0) is 24.3 Å². The van der Waals surface area contributed by atoms with E-state index in [1.54, 1.807) is 0 Å². The molecule has 7 heteroatoms. The van der Waals surface area contributed by atoms with E-state index in [9.17, 15) is 31.1 Å². The first-order valence-corrected chi connectivity index (χ1v) is 4.52. The van der Waals surface area contributed by atoms with Crippen molar-refractivity contribution in [1.82, 2.24) is 0 Å². The van der Waals surface area contributed by atoms with Crippen molar-refractivity contribution < 1.29 is 31.1 Å². The van der Waals surface area contributed by atoms with Gasteiger partial charge in [0.2, 0.25) is 0 Å². The summed E-state index contributed by atoms with van der Waals surface area (Å²) in [5.74, 6) is -1.09. The summed E-state index contributed by atoms with van der Waals surface area (Å²) in [5.41, 5.74) is -3.94. The van der Waals surface area contributed by atoms with Crippen LogP contribution in [0.4, 0.5) is 26.3 Å². The van der Waals surface area contributed by atoms with E-state index in [1.807, 2.05) is 0 Å². The predicted octanol–water partition coefficient (Wildman–Crippen LogP) is 4.09. The van der Waals surface area contributed by atoms with Gasteiger partial charge in [0.25, 0.3) is 0 Å². The quantitative estimate of drug-likeness (QED) is 0.448. The van der Waals surface area contributed by atoms with Crippen molar-refractivity contribution in [1.29, 1.82) is 0 Å². The Labute approximate surface area is 97.7 Å². The Hall–Kier alpha value is -1.79. The number of hydrogen-bond acceptors (Lipinski definition) is 1. The summed E-state index contributed by atoms with van der Waals surface area (Å²) in [7, 11) is 0. The monoisotopic (exact) mass is 268 g/mol. The van der Waals surface area contributed by atoms with E-state index < -0.39 is 34.8 Å². The number of carbonyl (C=O) groups is 1.